The fourth-order valence-corrected chi connectivity index (χ4v) is 2.18. The van der Waals surface area contributed by atoms with Crippen molar-refractivity contribution < 1.29 is 14.6 Å². The van der Waals surface area contributed by atoms with Gasteiger partial charge >= 0.3 is 0 Å². The van der Waals surface area contributed by atoms with E-state index in [2.05, 4.69) is 0 Å². The Morgan fingerprint density at radius 2 is 2.00 bits per heavy atom. The number of hydrogen-bond donors (Lipinski definition) is 2. The molecule has 1 amide bonds. The number of carbonyl (C=O) groups is 1. The van der Waals surface area contributed by atoms with Crippen LogP contribution in [-0.4, -0.2) is 41.7 Å². The van der Waals surface area contributed by atoms with Crippen LogP contribution in [-0.2, 0) is 4.79 Å². The number of anilines is 1. The van der Waals surface area contributed by atoms with Crippen molar-refractivity contribution in [1.82, 2.24) is 4.90 Å². The van der Waals surface area contributed by atoms with Crippen LogP contribution in [0.25, 0.3) is 0 Å². The van der Waals surface area contributed by atoms with Gasteiger partial charge in [-0.15, -0.1) is 0 Å². The normalized spacial score (nSPS) is 10.6. The van der Waals surface area contributed by atoms with E-state index in [1.54, 1.807) is 17.0 Å². The van der Waals surface area contributed by atoms with Gasteiger partial charge < -0.3 is 20.5 Å². The molecule has 112 valence electrons. The minimum absolute atomic E-state index is 0.0459. The number of para-hydroxylation sites is 2. The van der Waals surface area contributed by atoms with E-state index in [1.165, 1.54) is 0 Å². The number of amides is 1. The first-order valence-corrected chi connectivity index (χ1v) is 7.01. The molecule has 0 saturated heterocycles. The number of benzene rings is 1. The van der Waals surface area contributed by atoms with Gasteiger partial charge in [0.2, 0.25) is 0 Å². The maximum atomic E-state index is 12.2. The zero-order valence-electron chi connectivity index (χ0n) is 12.2. The standard InChI is InChI=1S/C15H24N2O3/c1-3-12(4-2)17(9-10-18)15(19)11-20-14-8-6-5-7-13(14)16/h5-8,12,18H,3-4,9-11,16H2,1-2H3. The number of rotatable bonds is 8. The number of aliphatic hydroxyl groups excluding tert-OH is 1. The number of nitrogens with zero attached hydrogens (tertiary/aromatic N) is 1. The maximum Gasteiger partial charge on any atom is 0.260 e. The van der Waals surface area contributed by atoms with Crippen LogP contribution in [0, 0.1) is 0 Å². The molecule has 20 heavy (non-hydrogen) atoms. The van der Waals surface area contributed by atoms with Gasteiger partial charge in [-0.1, -0.05) is 26.0 Å². The van der Waals surface area contributed by atoms with Crippen molar-refractivity contribution in [1.29, 1.82) is 0 Å². The maximum absolute atomic E-state index is 12.2. The summed E-state index contributed by atoms with van der Waals surface area (Å²) in [6.07, 6.45) is 1.71. The van der Waals surface area contributed by atoms with E-state index >= 15 is 0 Å². The third-order valence-corrected chi connectivity index (χ3v) is 3.31. The highest BCUT2D eigenvalue weighted by Crippen LogP contribution is 2.20. The lowest BCUT2D eigenvalue weighted by molar-refractivity contribution is -0.136. The monoisotopic (exact) mass is 280 g/mol. The van der Waals surface area contributed by atoms with Gasteiger partial charge in [0.25, 0.3) is 5.91 Å². The predicted octanol–water partition coefficient (Wildman–Crippen LogP) is 1.66. The second-order valence-corrected chi connectivity index (χ2v) is 4.61. The molecule has 3 N–H and O–H groups in total. The largest absolute Gasteiger partial charge is 0.482 e. The summed E-state index contributed by atoms with van der Waals surface area (Å²) in [7, 11) is 0. The van der Waals surface area contributed by atoms with Gasteiger partial charge in [-0.25, -0.2) is 0 Å². The third kappa shape index (κ3) is 4.42. The Bertz CT molecular complexity index is 419. The van der Waals surface area contributed by atoms with E-state index in [4.69, 9.17) is 15.6 Å². The van der Waals surface area contributed by atoms with Crippen LogP contribution in [0.5, 0.6) is 5.75 Å². The molecule has 0 aromatic heterocycles. The number of aliphatic hydroxyl groups is 1. The smallest absolute Gasteiger partial charge is 0.260 e. The van der Waals surface area contributed by atoms with Crippen molar-refractivity contribution in [2.45, 2.75) is 32.7 Å². The summed E-state index contributed by atoms with van der Waals surface area (Å²) in [6, 6.07) is 7.21. The highest BCUT2D eigenvalue weighted by Gasteiger charge is 2.21. The van der Waals surface area contributed by atoms with Gasteiger partial charge in [-0.05, 0) is 25.0 Å². The molecule has 0 aliphatic carbocycles. The molecule has 0 fully saturated rings. The average Bonchev–Trinajstić information content (AvgIpc) is 2.46. The Hall–Kier alpha value is -1.75. The molecular formula is C15H24N2O3. The van der Waals surface area contributed by atoms with Crippen LogP contribution < -0.4 is 10.5 Å². The van der Waals surface area contributed by atoms with Crippen LogP contribution in [0.3, 0.4) is 0 Å². The van der Waals surface area contributed by atoms with E-state index in [1.807, 2.05) is 26.0 Å². The van der Waals surface area contributed by atoms with E-state index < -0.39 is 0 Å². The van der Waals surface area contributed by atoms with Crippen molar-refractivity contribution in [3.05, 3.63) is 24.3 Å². The van der Waals surface area contributed by atoms with E-state index in [9.17, 15) is 4.79 Å². The highest BCUT2D eigenvalue weighted by molar-refractivity contribution is 5.78. The van der Waals surface area contributed by atoms with Gasteiger partial charge in [0, 0.05) is 12.6 Å². The summed E-state index contributed by atoms with van der Waals surface area (Å²) >= 11 is 0. The van der Waals surface area contributed by atoms with Crippen LogP contribution in [0.2, 0.25) is 0 Å². The van der Waals surface area contributed by atoms with Gasteiger partial charge in [0.05, 0.1) is 12.3 Å². The van der Waals surface area contributed by atoms with Crippen LogP contribution >= 0.6 is 0 Å². The Kier molecular flexibility index (Phi) is 6.87. The zero-order chi connectivity index (χ0) is 15.0. The molecule has 1 rings (SSSR count). The molecule has 1 aromatic carbocycles. The minimum atomic E-state index is -0.129. The lowest BCUT2D eigenvalue weighted by Gasteiger charge is -2.30. The fraction of sp³-hybridized carbons (Fsp3) is 0.533. The number of nitrogen functional groups attached to an aromatic ring is 1. The van der Waals surface area contributed by atoms with E-state index in [-0.39, 0.29) is 25.2 Å². The Morgan fingerprint density at radius 3 is 2.55 bits per heavy atom. The molecule has 0 saturated carbocycles. The molecule has 5 nitrogen and oxygen atoms in total. The topological polar surface area (TPSA) is 75.8 Å². The molecule has 0 heterocycles. The number of carbonyl (C=O) groups excluding carboxylic acids is 1. The van der Waals surface area contributed by atoms with E-state index in [0.717, 1.165) is 12.8 Å². The van der Waals surface area contributed by atoms with Crippen LogP contribution in [0.4, 0.5) is 5.69 Å². The first kappa shape index (κ1) is 16.3. The first-order valence-electron chi connectivity index (χ1n) is 7.01. The summed E-state index contributed by atoms with van der Waals surface area (Å²) in [4.78, 5) is 13.9. The van der Waals surface area contributed by atoms with Crippen molar-refractivity contribution in [2.75, 3.05) is 25.5 Å². The Morgan fingerprint density at radius 1 is 1.35 bits per heavy atom. The molecule has 0 bridgehead atoms. The van der Waals surface area contributed by atoms with Crippen molar-refractivity contribution in [3.8, 4) is 5.75 Å². The molecule has 0 aliphatic heterocycles. The second kappa shape index (κ2) is 8.43. The summed E-state index contributed by atoms with van der Waals surface area (Å²) < 4.78 is 5.47. The first-order chi connectivity index (χ1) is 9.63. The molecular weight excluding hydrogens is 256 g/mol. The number of hydrogen-bond acceptors (Lipinski definition) is 4. The van der Waals surface area contributed by atoms with Gasteiger partial charge in [-0.3, -0.25) is 4.79 Å². The molecule has 0 radical (unpaired) electrons. The SMILES string of the molecule is CCC(CC)N(CCO)C(=O)COc1ccccc1N. The summed E-state index contributed by atoms with van der Waals surface area (Å²) in [6.45, 7) is 4.28. The molecule has 0 atom stereocenters. The summed E-state index contributed by atoms with van der Waals surface area (Å²) in [5, 5.41) is 9.10. The number of ether oxygens (including phenoxy) is 1. The van der Waals surface area contributed by atoms with Crippen LogP contribution in [0.1, 0.15) is 26.7 Å². The summed E-state index contributed by atoms with van der Waals surface area (Å²) in [5.74, 6) is 0.380. The average molecular weight is 280 g/mol. The van der Waals surface area contributed by atoms with E-state index in [0.29, 0.717) is 18.0 Å². The second-order valence-electron chi connectivity index (χ2n) is 4.61. The van der Waals surface area contributed by atoms with Gasteiger partial charge in [0.15, 0.2) is 6.61 Å². The minimum Gasteiger partial charge on any atom is -0.482 e. The van der Waals surface area contributed by atoms with Crippen LogP contribution in [0.15, 0.2) is 24.3 Å². The molecule has 1 aromatic rings. The predicted molar refractivity (Wildman–Crippen MR) is 79.5 cm³/mol. The van der Waals surface area contributed by atoms with Crippen molar-refractivity contribution >= 4 is 11.6 Å². The quantitative estimate of drug-likeness (QED) is 0.710. The lowest BCUT2D eigenvalue weighted by Crippen LogP contribution is -2.44. The number of nitrogens with two attached hydrogens (primary N) is 1. The van der Waals surface area contributed by atoms with Crippen molar-refractivity contribution in [2.24, 2.45) is 0 Å². The summed E-state index contributed by atoms with van der Waals surface area (Å²) in [5.41, 5.74) is 6.27. The van der Waals surface area contributed by atoms with Crippen molar-refractivity contribution in [3.63, 3.8) is 0 Å². The highest BCUT2D eigenvalue weighted by atomic mass is 16.5. The van der Waals surface area contributed by atoms with Gasteiger partial charge in [-0.2, -0.15) is 0 Å². The Labute approximate surface area is 120 Å². The lowest BCUT2D eigenvalue weighted by atomic mass is 10.1. The zero-order valence-corrected chi connectivity index (χ0v) is 12.2. The molecule has 5 heteroatoms. The fourth-order valence-electron chi connectivity index (χ4n) is 2.18. The molecule has 0 unspecified atom stereocenters. The molecule has 0 spiro atoms. The Balaban J connectivity index is 2.64. The van der Waals surface area contributed by atoms with Gasteiger partial charge in [0.1, 0.15) is 5.75 Å². The molecule has 0 aliphatic rings. The third-order valence-electron chi connectivity index (χ3n) is 3.31.